The molecular formula is C33H29N5O4. The van der Waals surface area contributed by atoms with Crippen LogP contribution in [0.3, 0.4) is 0 Å². The monoisotopic (exact) mass is 559 g/mol. The summed E-state index contributed by atoms with van der Waals surface area (Å²) in [4.78, 5) is 40.7. The molecule has 1 aromatic heterocycles. The van der Waals surface area contributed by atoms with Crippen LogP contribution < -0.4 is 15.4 Å². The average molecular weight is 560 g/mol. The number of nitrogens with zero attached hydrogens (tertiary/aromatic N) is 3. The first kappa shape index (κ1) is 25.8. The highest BCUT2D eigenvalue weighted by Crippen LogP contribution is 2.35. The van der Waals surface area contributed by atoms with E-state index >= 15 is 0 Å². The summed E-state index contributed by atoms with van der Waals surface area (Å²) in [6, 6.07) is 18.6. The van der Waals surface area contributed by atoms with Crippen LogP contribution in [0.4, 0.5) is 4.79 Å². The van der Waals surface area contributed by atoms with E-state index in [-0.39, 0.29) is 19.1 Å². The molecular weight excluding hydrogens is 530 g/mol. The average Bonchev–Trinajstić information content (AvgIpc) is 3.55. The molecule has 1 aliphatic carbocycles. The van der Waals surface area contributed by atoms with E-state index < -0.39 is 17.5 Å². The normalized spacial score (nSPS) is 19.4. The minimum absolute atomic E-state index is 0.0128. The maximum Gasteiger partial charge on any atom is 0.322 e. The number of aromatic nitrogens is 2. The van der Waals surface area contributed by atoms with Gasteiger partial charge in [-0.2, -0.15) is 5.10 Å². The van der Waals surface area contributed by atoms with Crippen molar-refractivity contribution in [1.29, 1.82) is 0 Å². The highest BCUT2D eigenvalue weighted by molar-refractivity contribution is 6.08. The molecule has 0 bridgehead atoms. The summed E-state index contributed by atoms with van der Waals surface area (Å²) in [5.74, 6) is 6.19. The number of ether oxygens (including phenoxy) is 1. The van der Waals surface area contributed by atoms with Crippen LogP contribution in [0.2, 0.25) is 0 Å². The van der Waals surface area contributed by atoms with Gasteiger partial charge in [-0.3, -0.25) is 19.6 Å². The maximum absolute atomic E-state index is 13.4. The van der Waals surface area contributed by atoms with E-state index in [1.54, 1.807) is 24.0 Å². The molecule has 3 heterocycles. The number of carbonyl (C=O) groups is 3. The molecule has 42 heavy (non-hydrogen) atoms. The summed E-state index contributed by atoms with van der Waals surface area (Å²) in [6.07, 6.45) is 4.45. The number of rotatable bonds is 8. The molecule has 210 valence electrons. The molecule has 4 amide bonds. The summed E-state index contributed by atoms with van der Waals surface area (Å²) in [6.45, 7) is 3.24. The van der Waals surface area contributed by atoms with Gasteiger partial charge in [0, 0.05) is 24.0 Å². The molecule has 4 aromatic rings. The molecule has 0 radical (unpaired) electrons. The van der Waals surface area contributed by atoms with Gasteiger partial charge in [0.1, 0.15) is 12.4 Å². The fourth-order valence-corrected chi connectivity index (χ4v) is 5.84. The Morgan fingerprint density at radius 3 is 2.57 bits per heavy atom. The van der Waals surface area contributed by atoms with Gasteiger partial charge >= 0.3 is 6.03 Å². The second-order valence-corrected chi connectivity index (χ2v) is 11.1. The SMILES string of the molecule is CC#CCOc1ccc2c(c1)C(=O)N(C[C@@]1(c3ccc(-c4ccc5c(cnn5CC5CC5)c4)cc3)NC(=O)NC1=O)C2. The third-order valence-corrected chi connectivity index (χ3v) is 8.30. The Balaban J connectivity index is 1.14. The van der Waals surface area contributed by atoms with Crippen molar-refractivity contribution >= 4 is 28.7 Å². The molecule has 2 fully saturated rings. The Morgan fingerprint density at radius 2 is 1.83 bits per heavy atom. The number of imide groups is 1. The Bertz CT molecular complexity index is 1810. The van der Waals surface area contributed by atoms with E-state index in [9.17, 15) is 14.4 Å². The number of nitrogens with one attached hydrogen (secondary N) is 2. The Morgan fingerprint density at radius 1 is 1.02 bits per heavy atom. The number of fused-ring (bicyclic) bond motifs is 2. The third-order valence-electron chi connectivity index (χ3n) is 8.30. The summed E-state index contributed by atoms with van der Waals surface area (Å²) in [7, 11) is 0. The van der Waals surface area contributed by atoms with Gasteiger partial charge in [-0.15, -0.1) is 5.92 Å². The predicted molar refractivity (Wildman–Crippen MR) is 156 cm³/mol. The van der Waals surface area contributed by atoms with Crippen LogP contribution in [-0.4, -0.2) is 45.7 Å². The minimum Gasteiger partial charge on any atom is -0.481 e. The van der Waals surface area contributed by atoms with E-state index in [1.165, 1.54) is 12.8 Å². The number of amides is 4. The maximum atomic E-state index is 13.4. The smallest absolute Gasteiger partial charge is 0.322 e. The van der Waals surface area contributed by atoms with Crippen LogP contribution in [0.5, 0.6) is 5.75 Å². The first-order valence-electron chi connectivity index (χ1n) is 14.1. The fraction of sp³-hybridized carbons (Fsp3) is 0.273. The van der Waals surface area contributed by atoms with Gasteiger partial charge in [0.25, 0.3) is 11.8 Å². The summed E-state index contributed by atoms with van der Waals surface area (Å²) in [5, 5.41) is 10.8. The van der Waals surface area contributed by atoms with E-state index in [1.807, 2.05) is 36.5 Å². The lowest BCUT2D eigenvalue weighted by Crippen LogP contribution is -2.52. The second-order valence-electron chi connectivity index (χ2n) is 11.1. The predicted octanol–water partition coefficient (Wildman–Crippen LogP) is 4.21. The van der Waals surface area contributed by atoms with Crippen molar-refractivity contribution in [2.45, 2.75) is 38.4 Å². The van der Waals surface area contributed by atoms with Crippen LogP contribution >= 0.6 is 0 Å². The molecule has 0 unspecified atom stereocenters. The number of carbonyl (C=O) groups excluding carboxylic acids is 3. The Kier molecular flexibility index (Phi) is 6.19. The summed E-state index contributed by atoms with van der Waals surface area (Å²) < 4.78 is 7.71. The topological polar surface area (TPSA) is 106 Å². The van der Waals surface area contributed by atoms with Gasteiger partial charge in [-0.25, -0.2) is 4.79 Å². The number of hydrogen-bond donors (Lipinski definition) is 2. The molecule has 3 aromatic carbocycles. The van der Waals surface area contributed by atoms with Gasteiger partial charge < -0.3 is 15.0 Å². The summed E-state index contributed by atoms with van der Waals surface area (Å²) >= 11 is 0. The molecule has 9 heteroatoms. The molecule has 3 aliphatic rings. The van der Waals surface area contributed by atoms with Crippen molar-refractivity contribution in [3.8, 4) is 28.7 Å². The lowest BCUT2D eigenvalue weighted by molar-refractivity contribution is -0.124. The molecule has 2 aliphatic heterocycles. The van der Waals surface area contributed by atoms with Crippen LogP contribution in [0.25, 0.3) is 22.0 Å². The molecule has 0 spiro atoms. The molecule has 1 saturated heterocycles. The molecule has 7 rings (SSSR count). The highest BCUT2D eigenvalue weighted by Gasteiger charge is 2.50. The van der Waals surface area contributed by atoms with Gasteiger partial charge in [0.15, 0.2) is 5.54 Å². The van der Waals surface area contributed by atoms with Crippen LogP contribution in [0.15, 0.2) is 66.9 Å². The standard InChI is InChI=1S/C33H29N5O4/c1-2-3-14-42-27-12-8-24-19-37(30(39)28(24)16-27)20-33(31(40)35-32(41)36-33)26-10-6-22(7-11-26)23-9-13-29-25(15-23)17-34-38(29)18-21-4-5-21/h6-13,15-17,21H,4-5,14,18-20H2,1H3,(H2,35,36,40,41)/t33-/m0/s1. The number of benzene rings is 3. The van der Waals surface area contributed by atoms with Crippen LogP contribution in [0.1, 0.15) is 41.3 Å². The quantitative estimate of drug-likeness (QED) is 0.249. The molecule has 2 N–H and O–H groups in total. The molecule has 1 saturated carbocycles. The van der Waals surface area contributed by atoms with Gasteiger partial charge in [-0.1, -0.05) is 42.3 Å². The van der Waals surface area contributed by atoms with Crippen molar-refractivity contribution < 1.29 is 19.1 Å². The number of hydrogen-bond acceptors (Lipinski definition) is 5. The lowest BCUT2D eigenvalue weighted by Gasteiger charge is -2.31. The zero-order chi connectivity index (χ0) is 28.8. The van der Waals surface area contributed by atoms with Crippen molar-refractivity contribution in [3.63, 3.8) is 0 Å². The first-order valence-corrected chi connectivity index (χ1v) is 14.1. The molecule has 1 atom stereocenters. The number of urea groups is 1. The van der Waals surface area contributed by atoms with E-state index in [0.717, 1.165) is 40.1 Å². The van der Waals surface area contributed by atoms with Crippen molar-refractivity contribution in [3.05, 3.63) is 83.6 Å². The van der Waals surface area contributed by atoms with Crippen LogP contribution in [-0.2, 0) is 23.4 Å². The Hall–Kier alpha value is -5.10. The van der Waals surface area contributed by atoms with Gasteiger partial charge in [0.2, 0.25) is 0 Å². The van der Waals surface area contributed by atoms with Crippen molar-refractivity contribution in [2.75, 3.05) is 13.2 Å². The van der Waals surface area contributed by atoms with E-state index in [4.69, 9.17) is 4.74 Å². The fourth-order valence-electron chi connectivity index (χ4n) is 5.84. The zero-order valence-corrected chi connectivity index (χ0v) is 23.1. The van der Waals surface area contributed by atoms with Crippen molar-refractivity contribution in [2.24, 2.45) is 5.92 Å². The lowest BCUT2D eigenvalue weighted by atomic mass is 9.88. The highest BCUT2D eigenvalue weighted by atomic mass is 16.5. The van der Waals surface area contributed by atoms with Gasteiger partial charge in [-0.05, 0) is 72.2 Å². The van der Waals surface area contributed by atoms with Gasteiger partial charge in [0.05, 0.1) is 18.3 Å². The van der Waals surface area contributed by atoms with E-state index in [0.29, 0.717) is 23.4 Å². The van der Waals surface area contributed by atoms with E-state index in [2.05, 4.69) is 50.5 Å². The third kappa shape index (κ3) is 4.55. The van der Waals surface area contributed by atoms with Crippen molar-refractivity contribution in [1.82, 2.24) is 25.3 Å². The zero-order valence-electron chi connectivity index (χ0n) is 23.1. The first-order chi connectivity index (χ1) is 20.4. The Labute approximate surface area is 242 Å². The minimum atomic E-state index is -1.42. The molecule has 9 nitrogen and oxygen atoms in total. The second kappa shape index (κ2) is 10.1. The van der Waals surface area contributed by atoms with Crippen LogP contribution in [0, 0.1) is 17.8 Å². The summed E-state index contributed by atoms with van der Waals surface area (Å²) in [5.41, 5.74) is 3.65. The largest absolute Gasteiger partial charge is 0.481 e.